The molecule has 0 radical (unpaired) electrons. The molecule has 25 heavy (non-hydrogen) atoms. The highest BCUT2D eigenvalue weighted by molar-refractivity contribution is 5.95. The van der Waals surface area contributed by atoms with Crippen LogP contribution in [0.2, 0.25) is 0 Å². The van der Waals surface area contributed by atoms with Gasteiger partial charge in [-0.15, -0.1) is 0 Å². The highest BCUT2D eigenvalue weighted by Crippen LogP contribution is 2.26. The van der Waals surface area contributed by atoms with E-state index in [9.17, 15) is 10.1 Å². The van der Waals surface area contributed by atoms with Crippen molar-refractivity contribution in [2.75, 3.05) is 5.32 Å². The van der Waals surface area contributed by atoms with E-state index in [-0.39, 0.29) is 11.9 Å². The van der Waals surface area contributed by atoms with Gasteiger partial charge in [-0.05, 0) is 56.9 Å². The van der Waals surface area contributed by atoms with E-state index < -0.39 is 0 Å². The zero-order valence-electron chi connectivity index (χ0n) is 14.3. The molecule has 1 aromatic carbocycles. The van der Waals surface area contributed by atoms with E-state index >= 15 is 0 Å². The molecule has 0 unspecified atom stereocenters. The molecule has 0 atom stereocenters. The average molecular weight is 335 g/mol. The molecule has 1 aromatic heterocycles. The van der Waals surface area contributed by atoms with Crippen LogP contribution in [0.5, 0.6) is 5.88 Å². The van der Waals surface area contributed by atoms with Crippen molar-refractivity contribution < 1.29 is 9.53 Å². The van der Waals surface area contributed by atoms with Crippen molar-refractivity contribution in [2.24, 2.45) is 0 Å². The first-order valence-corrected chi connectivity index (χ1v) is 8.57. The molecule has 0 aliphatic heterocycles. The van der Waals surface area contributed by atoms with E-state index in [4.69, 9.17) is 4.74 Å². The van der Waals surface area contributed by atoms with Crippen LogP contribution in [-0.4, -0.2) is 16.9 Å². The molecule has 1 heterocycles. The molecule has 128 valence electrons. The van der Waals surface area contributed by atoms with Crippen molar-refractivity contribution in [3.8, 4) is 11.9 Å². The summed E-state index contributed by atoms with van der Waals surface area (Å²) in [6.07, 6.45) is 6.52. The number of nitrogens with one attached hydrogen (secondary N) is 1. The van der Waals surface area contributed by atoms with Crippen molar-refractivity contribution in [2.45, 2.75) is 45.3 Å². The molecule has 3 rings (SSSR count). The third-order valence-corrected chi connectivity index (χ3v) is 4.45. The van der Waals surface area contributed by atoms with Gasteiger partial charge in [-0.1, -0.05) is 6.07 Å². The average Bonchev–Trinajstić information content (AvgIpc) is 3.13. The number of anilines is 1. The predicted octanol–water partition coefficient (Wildman–Crippen LogP) is 4.09. The number of rotatable bonds is 6. The van der Waals surface area contributed by atoms with Gasteiger partial charge in [0.25, 0.3) is 0 Å². The van der Waals surface area contributed by atoms with Crippen LogP contribution in [0.15, 0.2) is 36.5 Å². The molecule has 0 saturated heterocycles. The fourth-order valence-electron chi connectivity index (χ4n) is 3.03. The summed E-state index contributed by atoms with van der Waals surface area (Å²) >= 11 is 0. The Bertz CT molecular complexity index is 805. The zero-order valence-corrected chi connectivity index (χ0v) is 14.3. The van der Waals surface area contributed by atoms with E-state index in [0.717, 1.165) is 18.4 Å². The minimum Gasteiger partial charge on any atom is -0.474 e. The molecular formula is C20H21N3O2. The van der Waals surface area contributed by atoms with Gasteiger partial charge >= 0.3 is 0 Å². The third kappa shape index (κ3) is 4.16. The number of carbonyl (C=O) groups is 1. The standard InChI is InChI=1S/C20H21N3O2/c1-14(24)15-8-9-16(12-21)19(11-15)23-13-17-5-4-10-22-20(17)25-18-6-2-3-7-18/h4-5,8-11,18,23H,2-3,6-7,13H2,1H3. The number of ether oxygens (including phenoxy) is 1. The molecule has 0 spiro atoms. The van der Waals surface area contributed by atoms with Crippen molar-refractivity contribution in [1.29, 1.82) is 5.26 Å². The van der Waals surface area contributed by atoms with Gasteiger partial charge in [-0.25, -0.2) is 4.98 Å². The van der Waals surface area contributed by atoms with E-state index in [1.165, 1.54) is 19.8 Å². The minimum absolute atomic E-state index is 0.0285. The Balaban J connectivity index is 1.76. The molecular weight excluding hydrogens is 314 g/mol. The molecule has 2 aromatic rings. The molecule has 1 aliphatic carbocycles. The Hall–Kier alpha value is -2.87. The smallest absolute Gasteiger partial charge is 0.218 e. The van der Waals surface area contributed by atoms with Crippen LogP contribution in [0.3, 0.4) is 0 Å². The zero-order chi connectivity index (χ0) is 17.6. The van der Waals surface area contributed by atoms with E-state index in [0.29, 0.717) is 29.2 Å². The number of hydrogen-bond acceptors (Lipinski definition) is 5. The molecule has 5 heteroatoms. The predicted molar refractivity (Wildman–Crippen MR) is 95.6 cm³/mol. The number of carbonyl (C=O) groups excluding carboxylic acids is 1. The number of pyridine rings is 1. The Morgan fingerprint density at radius 3 is 2.88 bits per heavy atom. The van der Waals surface area contributed by atoms with Gasteiger partial charge in [-0.3, -0.25) is 4.79 Å². The van der Waals surface area contributed by atoms with Crippen LogP contribution in [0.25, 0.3) is 0 Å². The van der Waals surface area contributed by atoms with Crippen LogP contribution in [-0.2, 0) is 6.54 Å². The van der Waals surface area contributed by atoms with Crippen molar-refractivity contribution in [1.82, 2.24) is 4.98 Å². The SMILES string of the molecule is CC(=O)c1ccc(C#N)c(NCc2cccnc2OC2CCCC2)c1. The van der Waals surface area contributed by atoms with Crippen LogP contribution in [0.4, 0.5) is 5.69 Å². The number of aromatic nitrogens is 1. The second-order valence-electron chi connectivity index (χ2n) is 6.27. The lowest BCUT2D eigenvalue weighted by molar-refractivity contribution is 0.101. The number of ketones is 1. The fraction of sp³-hybridized carbons (Fsp3) is 0.350. The first-order chi connectivity index (χ1) is 12.2. The lowest BCUT2D eigenvalue weighted by Gasteiger charge is -2.16. The van der Waals surface area contributed by atoms with Gasteiger partial charge < -0.3 is 10.1 Å². The third-order valence-electron chi connectivity index (χ3n) is 4.45. The van der Waals surface area contributed by atoms with Gasteiger partial charge in [0.1, 0.15) is 12.2 Å². The van der Waals surface area contributed by atoms with Crippen molar-refractivity contribution in [3.63, 3.8) is 0 Å². The topological polar surface area (TPSA) is 75.0 Å². The fourth-order valence-corrected chi connectivity index (χ4v) is 3.03. The molecule has 1 aliphatic rings. The largest absolute Gasteiger partial charge is 0.474 e. The Morgan fingerprint density at radius 1 is 1.36 bits per heavy atom. The van der Waals surface area contributed by atoms with Gasteiger partial charge in [0.05, 0.1) is 11.3 Å². The second-order valence-corrected chi connectivity index (χ2v) is 6.27. The number of hydrogen-bond donors (Lipinski definition) is 1. The van der Waals surface area contributed by atoms with Gasteiger partial charge in [-0.2, -0.15) is 5.26 Å². The summed E-state index contributed by atoms with van der Waals surface area (Å²) in [5, 5.41) is 12.5. The normalized spacial score (nSPS) is 14.1. The molecule has 1 N–H and O–H groups in total. The maximum Gasteiger partial charge on any atom is 0.218 e. The Kier molecular flexibility index (Phi) is 5.30. The molecule has 1 saturated carbocycles. The van der Waals surface area contributed by atoms with Gasteiger partial charge in [0.2, 0.25) is 5.88 Å². The summed E-state index contributed by atoms with van der Waals surface area (Å²) in [6, 6.07) is 11.0. The second kappa shape index (κ2) is 7.80. The summed E-state index contributed by atoms with van der Waals surface area (Å²) < 4.78 is 6.04. The van der Waals surface area contributed by atoms with Crippen LogP contribution < -0.4 is 10.1 Å². The summed E-state index contributed by atoms with van der Waals surface area (Å²) in [5.41, 5.74) is 2.67. The van der Waals surface area contributed by atoms with Crippen LogP contribution in [0, 0.1) is 11.3 Å². The highest BCUT2D eigenvalue weighted by Gasteiger charge is 2.18. The van der Waals surface area contributed by atoms with E-state index in [1.807, 2.05) is 12.1 Å². The van der Waals surface area contributed by atoms with Crippen LogP contribution >= 0.6 is 0 Å². The summed E-state index contributed by atoms with van der Waals surface area (Å²) in [4.78, 5) is 15.9. The maximum atomic E-state index is 11.6. The first-order valence-electron chi connectivity index (χ1n) is 8.57. The highest BCUT2D eigenvalue weighted by atomic mass is 16.5. The maximum absolute atomic E-state index is 11.6. The molecule has 0 amide bonds. The molecule has 1 fully saturated rings. The Labute approximate surface area is 147 Å². The molecule has 0 bridgehead atoms. The minimum atomic E-state index is -0.0285. The molecule has 5 nitrogen and oxygen atoms in total. The van der Waals surface area contributed by atoms with Gasteiger partial charge in [0, 0.05) is 23.9 Å². The number of Topliss-reactive ketones (excluding diaryl/α,β-unsaturated/α-hetero) is 1. The Morgan fingerprint density at radius 2 is 2.16 bits per heavy atom. The summed E-state index contributed by atoms with van der Waals surface area (Å²) in [7, 11) is 0. The van der Waals surface area contributed by atoms with Crippen LogP contribution in [0.1, 0.15) is 54.1 Å². The van der Waals surface area contributed by atoms with E-state index in [1.54, 1.807) is 24.4 Å². The number of nitrogens with zero attached hydrogens (tertiary/aromatic N) is 2. The summed E-state index contributed by atoms with van der Waals surface area (Å²) in [6.45, 7) is 1.99. The van der Waals surface area contributed by atoms with Crippen molar-refractivity contribution in [3.05, 3.63) is 53.2 Å². The van der Waals surface area contributed by atoms with Gasteiger partial charge in [0.15, 0.2) is 5.78 Å². The summed E-state index contributed by atoms with van der Waals surface area (Å²) in [5.74, 6) is 0.613. The number of nitriles is 1. The lowest BCUT2D eigenvalue weighted by atomic mass is 10.1. The first kappa shape index (κ1) is 17.0. The van der Waals surface area contributed by atoms with Crippen molar-refractivity contribution >= 4 is 11.5 Å². The quantitative estimate of drug-likeness (QED) is 0.805. The number of benzene rings is 1. The van der Waals surface area contributed by atoms with E-state index in [2.05, 4.69) is 16.4 Å². The lowest BCUT2D eigenvalue weighted by Crippen LogP contribution is -2.14. The monoisotopic (exact) mass is 335 g/mol.